The Balaban J connectivity index is 1.26. The fourth-order valence-corrected chi connectivity index (χ4v) is 4.58. The summed E-state index contributed by atoms with van der Waals surface area (Å²) in [5, 5.41) is 11.0. The molecule has 33 heavy (non-hydrogen) atoms. The van der Waals surface area contributed by atoms with Gasteiger partial charge >= 0.3 is 0 Å². The molecule has 2 aromatic heterocycles. The lowest BCUT2D eigenvalue weighted by Crippen LogP contribution is -2.24. The number of carbonyl (C=O) groups is 1. The molecule has 3 aromatic carbocycles. The van der Waals surface area contributed by atoms with E-state index in [9.17, 15) is 4.79 Å². The van der Waals surface area contributed by atoms with Crippen LogP contribution in [0.4, 0.5) is 0 Å². The lowest BCUT2D eigenvalue weighted by Gasteiger charge is -2.06. The molecule has 0 saturated carbocycles. The molecule has 0 aliphatic heterocycles. The number of hydrogen-bond acceptors (Lipinski definition) is 5. The number of aromatic nitrogens is 2. The third-order valence-corrected chi connectivity index (χ3v) is 6.62. The van der Waals surface area contributed by atoms with Crippen LogP contribution in [0, 0.1) is 13.8 Å². The molecule has 0 atom stereocenters. The molecule has 5 nitrogen and oxygen atoms in total. The van der Waals surface area contributed by atoms with Gasteiger partial charge in [-0.05, 0) is 48.7 Å². The second-order valence-electron chi connectivity index (χ2n) is 8.12. The number of rotatable bonds is 6. The van der Waals surface area contributed by atoms with Gasteiger partial charge in [-0.25, -0.2) is 4.98 Å². The normalized spacial score (nSPS) is 11.1. The number of carbonyl (C=O) groups excluding carboxylic acids is 1. The molecular weight excluding hydrogens is 430 g/mol. The second-order valence-corrected chi connectivity index (χ2v) is 8.98. The topological polar surface area (TPSA) is 68.0 Å². The largest absolute Gasteiger partial charge is 0.356 e. The first-order valence-corrected chi connectivity index (χ1v) is 11.7. The Labute approximate surface area is 196 Å². The number of aryl methyl sites for hydroxylation is 2. The predicted molar refractivity (Wildman–Crippen MR) is 132 cm³/mol. The first-order chi connectivity index (χ1) is 16.1. The van der Waals surface area contributed by atoms with E-state index in [0.717, 1.165) is 43.9 Å². The molecule has 1 amide bonds. The average molecular weight is 454 g/mol. The zero-order chi connectivity index (χ0) is 22.8. The molecular formula is C27H23N3O2S. The van der Waals surface area contributed by atoms with Crippen LogP contribution < -0.4 is 5.32 Å². The molecule has 0 aliphatic rings. The van der Waals surface area contributed by atoms with E-state index in [0.29, 0.717) is 17.8 Å². The van der Waals surface area contributed by atoms with Crippen LogP contribution in [0.1, 0.15) is 22.4 Å². The highest BCUT2D eigenvalue weighted by Gasteiger charge is 2.14. The molecule has 164 valence electrons. The molecule has 0 fully saturated rings. The molecule has 5 rings (SSSR count). The molecule has 0 bridgehead atoms. The van der Waals surface area contributed by atoms with Crippen LogP contribution in [-0.2, 0) is 17.8 Å². The fraction of sp³-hybridized carbons (Fsp3) is 0.148. The number of hydrogen-bond donors (Lipinski definition) is 1. The van der Waals surface area contributed by atoms with E-state index < -0.39 is 0 Å². The lowest BCUT2D eigenvalue weighted by molar-refractivity contribution is -0.120. The van der Waals surface area contributed by atoms with E-state index >= 15 is 0 Å². The number of benzene rings is 3. The van der Waals surface area contributed by atoms with Crippen LogP contribution in [-0.4, -0.2) is 16.0 Å². The van der Waals surface area contributed by atoms with E-state index in [4.69, 9.17) is 9.51 Å². The van der Waals surface area contributed by atoms with Gasteiger partial charge in [-0.2, -0.15) is 0 Å². The van der Waals surface area contributed by atoms with Gasteiger partial charge in [0.1, 0.15) is 10.7 Å². The summed E-state index contributed by atoms with van der Waals surface area (Å²) in [6.07, 6.45) is 0.183. The van der Waals surface area contributed by atoms with Gasteiger partial charge in [0, 0.05) is 28.4 Å². The van der Waals surface area contributed by atoms with Crippen molar-refractivity contribution in [3.63, 3.8) is 0 Å². The lowest BCUT2D eigenvalue weighted by atomic mass is 10.1. The summed E-state index contributed by atoms with van der Waals surface area (Å²) >= 11 is 1.62. The monoisotopic (exact) mass is 453 g/mol. The highest BCUT2D eigenvalue weighted by atomic mass is 32.1. The van der Waals surface area contributed by atoms with Crippen molar-refractivity contribution in [1.82, 2.24) is 15.5 Å². The number of nitrogens with one attached hydrogen (secondary N) is 1. The zero-order valence-electron chi connectivity index (χ0n) is 18.5. The first kappa shape index (κ1) is 21.1. The van der Waals surface area contributed by atoms with Crippen molar-refractivity contribution in [3.8, 4) is 21.8 Å². The quantitative estimate of drug-likeness (QED) is 0.338. The smallest absolute Gasteiger partial charge is 0.226 e. The molecule has 1 N–H and O–H groups in total. The van der Waals surface area contributed by atoms with Crippen LogP contribution in [0.25, 0.3) is 32.8 Å². The van der Waals surface area contributed by atoms with Crippen LogP contribution in [0.5, 0.6) is 0 Å². The van der Waals surface area contributed by atoms with Gasteiger partial charge in [0.05, 0.1) is 12.1 Å². The maximum absolute atomic E-state index is 12.6. The first-order valence-electron chi connectivity index (χ1n) is 10.8. The van der Waals surface area contributed by atoms with Gasteiger partial charge < -0.3 is 9.84 Å². The Hall–Kier alpha value is -3.77. The maximum Gasteiger partial charge on any atom is 0.226 e. The Morgan fingerprint density at radius 2 is 1.76 bits per heavy atom. The molecule has 0 radical (unpaired) electrons. The summed E-state index contributed by atoms with van der Waals surface area (Å²) in [5.41, 5.74) is 7.82. The van der Waals surface area contributed by atoms with Gasteiger partial charge in [-0.3, -0.25) is 4.79 Å². The summed E-state index contributed by atoms with van der Waals surface area (Å²) in [6.45, 7) is 4.52. The molecule has 5 aromatic rings. The van der Waals surface area contributed by atoms with Crippen molar-refractivity contribution in [1.29, 1.82) is 0 Å². The SMILES string of the molecule is Cc1cc2onc(CC(=O)NCc3cccc(-c4nc(-c5ccccc5)cs4)c3)c2cc1C. The highest BCUT2D eigenvalue weighted by Crippen LogP contribution is 2.29. The van der Waals surface area contributed by atoms with Crippen molar-refractivity contribution in [3.05, 3.63) is 94.5 Å². The fourth-order valence-electron chi connectivity index (χ4n) is 3.75. The molecule has 2 heterocycles. The summed E-state index contributed by atoms with van der Waals surface area (Å²) in [7, 11) is 0. The van der Waals surface area contributed by atoms with E-state index in [1.165, 1.54) is 0 Å². The summed E-state index contributed by atoms with van der Waals surface area (Å²) < 4.78 is 5.41. The molecule has 0 spiro atoms. The minimum Gasteiger partial charge on any atom is -0.356 e. The van der Waals surface area contributed by atoms with Crippen molar-refractivity contribution < 1.29 is 9.32 Å². The van der Waals surface area contributed by atoms with Crippen molar-refractivity contribution in [2.45, 2.75) is 26.8 Å². The minimum atomic E-state index is -0.0885. The van der Waals surface area contributed by atoms with E-state index in [1.54, 1.807) is 11.3 Å². The Morgan fingerprint density at radius 1 is 0.970 bits per heavy atom. The number of amides is 1. The van der Waals surface area contributed by atoms with Crippen LogP contribution in [0.2, 0.25) is 0 Å². The van der Waals surface area contributed by atoms with E-state index in [1.807, 2.05) is 62.4 Å². The van der Waals surface area contributed by atoms with Gasteiger partial charge in [-0.1, -0.05) is 53.7 Å². The van der Waals surface area contributed by atoms with Crippen LogP contribution >= 0.6 is 11.3 Å². The maximum atomic E-state index is 12.6. The van der Waals surface area contributed by atoms with Gasteiger partial charge in [0.2, 0.25) is 5.91 Å². The number of nitrogens with zero attached hydrogens (tertiary/aromatic N) is 2. The third kappa shape index (κ3) is 4.56. The summed E-state index contributed by atoms with van der Waals surface area (Å²) in [6, 6.07) is 22.3. The van der Waals surface area contributed by atoms with Gasteiger partial charge in [-0.15, -0.1) is 11.3 Å². The highest BCUT2D eigenvalue weighted by molar-refractivity contribution is 7.13. The van der Waals surface area contributed by atoms with Gasteiger partial charge in [0.25, 0.3) is 0 Å². The molecule has 0 unspecified atom stereocenters. The average Bonchev–Trinajstić information content (AvgIpc) is 3.47. The Kier molecular flexibility index (Phi) is 5.75. The molecule has 0 saturated heterocycles. The van der Waals surface area contributed by atoms with Crippen molar-refractivity contribution in [2.24, 2.45) is 0 Å². The van der Waals surface area contributed by atoms with Crippen molar-refractivity contribution in [2.75, 3.05) is 0 Å². The third-order valence-electron chi connectivity index (χ3n) is 5.73. The predicted octanol–water partition coefficient (Wildman–Crippen LogP) is 6.09. The van der Waals surface area contributed by atoms with Crippen molar-refractivity contribution >= 4 is 28.2 Å². The zero-order valence-corrected chi connectivity index (χ0v) is 19.3. The summed E-state index contributed by atoms with van der Waals surface area (Å²) in [5.74, 6) is -0.0885. The minimum absolute atomic E-state index is 0.0885. The standard InChI is InChI=1S/C27H23N3O2S/c1-17-11-22-23(30-32-25(22)12-18(17)2)14-26(31)28-15-19-7-6-10-21(13-19)27-29-24(16-33-27)20-8-4-3-5-9-20/h3-13,16H,14-15H2,1-2H3,(H,28,31). The van der Waals surface area contributed by atoms with E-state index in [-0.39, 0.29) is 12.3 Å². The van der Waals surface area contributed by atoms with Gasteiger partial charge in [0.15, 0.2) is 5.58 Å². The van der Waals surface area contributed by atoms with E-state index in [2.05, 4.69) is 34.1 Å². The number of fused-ring (bicyclic) bond motifs is 1. The Morgan fingerprint density at radius 3 is 2.61 bits per heavy atom. The molecule has 6 heteroatoms. The van der Waals surface area contributed by atoms with Crippen LogP contribution in [0.15, 0.2) is 76.6 Å². The molecule has 0 aliphatic carbocycles. The Bertz CT molecular complexity index is 1440. The second kappa shape index (κ2) is 9.00. The number of thiazole rings is 1. The summed E-state index contributed by atoms with van der Waals surface area (Å²) in [4.78, 5) is 17.4. The van der Waals surface area contributed by atoms with Crippen LogP contribution in [0.3, 0.4) is 0 Å².